The van der Waals surface area contributed by atoms with Crippen molar-refractivity contribution in [3.63, 3.8) is 0 Å². The number of nitrogens with zero attached hydrogens (tertiary/aromatic N) is 1. The van der Waals surface area contributed by atoms with E-state index < -0.39 is 0 Å². The molecule has 4 heteroatoms. The van der Waals surface area contributed by atoms with Gasteiger partial charge in [0.1, 0.15) is 0 Å². The molecule has 4 nitrogen and oxygen atoms in total. The minimum absolute atomic E-state index is 0.0118. The second-order valence-corrected chi connectivity index (χ2v) is 4.78. The van der Waals surface area contributed by atoms with Gasteiger partial charge in [0.05, 0.1) is 5.57 Å². The van der Waals surface area contributed by atoms with Crippen LogP contribution in [0.5, 0.6) is 0 Å². The summed E-state index contributed by atoms with van der Waals surface area (Å²) in [7, 11) is 5.64. The van der Waals surface area contributed by atoms with E-state index in [1.165, 1.54) is 0 Å². The van der Waals surface area contributed by atoms with E-state index in [1.807, 2.05) is 32.2 Å². The first-order chi connectivity index (χ1) is 8.51. The molecule has 0 heterocycles. The van der Waals surface area contributed by atoms with Gasteiger partial charge >= 0.3 is 0 Å². The summed E-state index contributed by atoms with van der Waals surface area (Å²) in [5, 5.41) is 11.1. The van der Waals surface area contributed by atoms with Gasteiger partial charge < -0.3 is 15.6 Å². The van der Waals surface area contributed by atoms with Gasteiger partial charge in [-0.25, -0.2) is 0 Å². The molecule has 1 aliphatic rings. The lowest BCUT2D eigenvalue weighted by Crippen LogP contribution is -2.27. The van der Waals surface area contributed by atoms with Crippen LogP contribution < -0.4 is 5.32 Å². The van der Waals surface area contributed by atoms with Gasteiger partial charge in [-0.1, -0.05) is 13.3 Å². The number of hydrogen-bond donors (Lipinski definition) is 2. The van der Waals surface area contributed by atoms with Crippen molar-refractivity contribution in [2.24, 2.45) is 0 Å². The van der Waals surface area contributed by atoms with E-state index in [-0.39, 0.29) is 5.78 Å². The number of Topliss-reactive ketones (excluding diaryl/α,β-unsaturated/α-hetero) is 1. The molecule has 0 radical (unpaired) electrons. The van der Waals surface area contributed by atoms with E-state index in [2.05, 4.69) is 12.2 Å². The van der Waals surface area contributed by atoms with E-state index in [1.54, 1.807) is 0 Å². The predicted molar refractivity (Wildman–Crippen MR) is 74.7 cm³/mol. The molecule has 0 aromatic heterocycles. The fourth-order valence-electron chi connectivity index (χ4n) is 2.17. The average Bonchev–Trinajstić information content (AvgIpc) is 2.31. The molecule has 0 amide bonds. The van der Waals surface area contributed by atoms with E-state index in [9.17, 15) is 4.79 Å². The molecule has 0 aromatic rings. The van der Waals surface area contributed by atoms with Crippen molar-refractivity contribution in [2.45, 2.75) is 32.6 Å². The van der Waals surface area contributed by atoms with Crippen molar-refractivity contribution in [2.75, 3.05) is 21.1 Å². The average molecular weight is 249 g/mol. The Kier molecular flexibility index (Phi) is 5.13. The summed E-state index contributed by atoms with van der Waals surface area (Å²) >= 11 is 0. The van der Waals surface area contributed by atoms with E-state index >= 15 is 0 Å². The Bertz CT molecular complexity index is 405. The monoisotopic (exact) mass is 249 g/mol. The van der Waals surface area contributed by atoms with Crippen LogP contribution in [0.15, 0.2) is 23.0 Å². The highest BCUT2D eigenvalue weighted by Crippen LogP contribution is 2.25. The number of carbonyl (C=O) groups is 1. The van der Waals surface area contributed by atoms with Crippen molar-refractivity contribution in [1.82, 2.24) is 10.2 Å². The first-order valence-corrected chi connectivity index (χ1v) is 6.41. The van der Waals surface area contributed by atoms with Crippen LogP contribution in [0.4, 0.5) is 0 Å². The lowest BCUT2D eigenvalue weighted by atomic mass is 9.85. The first-order valence-electron chi connectivity index (χ1n) is 6.41. The van der Waals surface area contributed by atoms with Gasteiger partial charge in [0.15, 0.2) is 5.78 Å². The van der Waals surface area contributed by atoms with Gasteiger partial charge in [0, 0.05) is 44.3 Å². The summed E-state index contributed by atoms with van der Waals surface area (Å²) in [6.45, 7) is 2.07. The second-order valence-electron chi connectivity index (χ2n) is 4.78. The van der Waals surface area contributed by atoms with Crippen molar-refractivity contribution >= 4 is 11.5 Å². The topological polar surface area (TPSA) is 56.2 Å². The Morgan fingerprint density at radius 2 is 2.11 bits per heavy atom. The van der Waals surface area contributed by atoms with Gasteiger partial charge in [-0.05, 0) is 19.3 Å². The van der Waals surface area contributed by atoms with Gasteiger partial charge in [0.2, 0.25) is 0 Å². The van der Waals surface area contributed by atoms with Crippen LogP contribution in [-0.4, -0.2) is 37.5 Å². The zero-order chi connectivity index (χ0) is 13.7. The van der Waals surface area contributed by atoms with Crippen molar-refractivity contribution in [1.29, 1.82) is 5.41 Å². The maximum atomic E-state index is 12.4. The third kappa shape index (κ3) is 3.22. The Balaban J connectivity index is 3.15. The summed E-state index contributed by atoms with van der Waals surface area (Å²) in [6, 6.07) is 0. The standard InChI is InChI=1S/C14H23N3O/c1-5-6-12(16-2)13-11(15)8-7-10(14(13)18)9-17(3)4/h9,15-16H,5-8H2,1-4H3/b10-9+,13-12+,15-11?. The van der Waals surface area contributed by atoms with Gasteiger partial charge in [-0.15, -0.1) is 0 Å². The molecule has 1 rings (SSSR count). The maximum absolute atomic E-state index is 12.4. The lowest BCUT2D eigenvalue weighted by molar-refractivity contribution is -0.112. The summed E-state index contributed by atoms with van der Waals surface area (Å²) in [4.78, 5) is 14.3. The highest BCUT2D eigenvalue weighted by Gasteiger charge is 2.27. The van der Waals surface area contributed by atoms with Crippen LogP contribution in [0.2, 0.25) is 0 Å². The molecule has 1 aliphatic carbocycles. The summed E-state index contributed by atoms with van der Waals surface area (Å²) in [5.41, 5.74) is 2.75. The Hall–Kier alpha value is -1.58. The van der Waals surface area contributed by atoms with Crippen LogP contribution in [0, 0.1) is 5.41 Å². The number of rotatable bonds is 4. The zero-order valence-corrected chi connectivity index (χ0v) is 11.8. The molecule has 0 atom stereocenters. The first kappa shape index (κ1) is 14.5. The summed E-state index contributed by atoms with van der Waals surface area (Å²) in [5.74, 6) is 0.0118. The van der Waals surface area contributed by atoms with Crippen molar-refractivity contribution in [3.05, 3.63) is 23.0 Å². The number of carbonyl (C=O) groups excluding carboxylic acids is 1. The Morgan fingerprint density at radius 3 is 2.61 bits per heavy atom. The minimum Gasteiger partial charge on any atom is -0.391 e. The van der Waals surface area contributed by atoms with Crippen LogP contribution in [-0.2, 0) is 4.79 Å². The number of allylic oxidation sites excluding steroid dienone is 3. The van der Waals surface area contributed by atoms with Crippen LogP contribution in [0.3, 0.4) is 0 Å². The van der Waals surface area contributed by atoms with Gasteiger partial charge in [-0.3, -0.25) is 4.79 Å². The maximum Gasteiger partial charge on any atom is 0.194 e. The molecule has 1 fully saturated rings. The molecule has 0 spiro atoms. The third-order valence-corrected chi connectivity index (χ3v) is 2.98. The predicted octanol–water partition coefficient (Wildman–Crippen LogP) is 2.09. The quantitative estimate of drug-likeness (QED) is 0.750. The minimum atomic E-state index is 0.0118. The lowest BCUT2D eigenvalue weighted by Gasteiger charge is -2.22. The molecule has 0 aliphatic heterocycles. The van der Waals surface area contributed by atoms with Crippen molar-refractivity contribution < 1.29 is 4.79 Å². The molecule has 0 bridgehead atoms. The van der Waals surface area contributed by atoms with Crippen LogP contribution in [0.1, 0.15) is 32.6 Å². The highest BCUT2D eigenvalue weighted by molar-refractivity contribution is 6.29. The highest BCUT2D eigenvalue weighted by atomic mass is 16.1. The molecular weight excluding hydrogens is 226 g/mol. The normalized spacial score (nSPS) is 21.2. The summed E-state index contributed by atoms with van der Waals surface area (Å²) < 4.78 is 0. The Morgan fingerprint density at radius 1 is 1.44 bits per heavy atom. The van der Waals surface area contributed by atoms with E-state index in [0.29, 0.717) is 24.1 Å². The van der Waals surface area contributed by atoms with Crippen molar-refractivity contribution in [3.8, 4) is 0 Å². The molecule has 0 saturated heterocycles. The van der Waals surface area contributed by atoms with E-state index in [4.69, 9.17) is 5.41 Å². The molecule has 0 aromatic carbocycles. The fraction of sp³-hybridized carbons (Fsp3) is 0.571. The number of hydrogen-bond acceptors (Lipinski definition) is 4. The number of nitrogens with one attached hydrogen (secondary N) is 2. The molecule has 2 N–H and O–H groups in total. The molecule has 0 unspecified atom stereocenters. The smallest absolute Gasteiger partial charge is 0.194 e. The SMILES string of the molecule is CCC/C(NC)=C1/C(=N)CC/C(=C\N(C)C)C1=O. The van der Waals surface area contributed by atoms with Crippen LogP contribution in [0.25, 0.3) is 0 Å². The number of ketones is 1. The second kappa shape index (κ2) is 6.38. The van der Waals surface area contributed by atoms with Gasteiger partial charge in [-0.2, -0.15) is 0 Å². The molecular formula is C14H23N3O. The molecule has 1 saturated carbocycles. The van der Waals surface area contributed by atoms with E-state index in [0.717, 1.165) is 24.1 Å². The van der Waals surface area contributed by atoms with Crippen LogP contribution >= 0.6 is 0 Å². The molecule has 18 heavy (non-hydrogen) atoms. The third-order valence-electron chi connectivity index (χ3n) is 2.98. The van der Waals surface area contributed by atoms with Gasteiger partial charge in [0.25, 0.3) is 0 Å². The summed E-state index contributed by atoms with van der Waals surface area (Å²) in [6.07, 6.45) is 4.97. The zero-order valence-electron chi connectivity index (χ0n) is 11.8. The fourth-order valence-corrected chi connectivity index (χ4v) is 2.17. The Labute approximate surface area is 109 Å². The largest absolute Gasteiger partial charge is 0.391 e. The molecule has 100 valence electrons.